The van der Waals surface area contributed by atoms with Crippen LogP contribution in [0.25, 0.3) is 10.9 Å². The van der Waals surface area contributed by atoms with Crippen molar-refractivity contribution in [2.45, 2.75) is 52.2 Å². The number of aliphatic hydroxyl groups excluding tert-OH is 1. The molecule has 12 heteroatoms. The first kappa shape index (κ1) is 32.1. The summed E-state index contributed by atoms with van der Waals surface area (Å²) in [6.07, 6.45) is 5.89. The van der Waals surface area contributed by atoms with E-state index in [9.17, 15) is 19.1 Å². The topological polar surface area (TPSA) is 126 Å². The van der Waals surface area contributed by atoms with Crippen molar-refractivity contribution >= 4 is 51.6 Å². The number of aliphatic hydroxyl groups is 1. The van der Waals surface area contributed by atoms with E-state index in [-0.39, 0.29) is 24.7 Å². The number of fused-ring (bicyclic) bond motifs is 1. The number of nitrogens with one attached hydrogen (secondary N) is 2. The SMILES string of the molecule is C[C@@H](O)CN(CC=CC(=O)Nc1cc2c(Nc3ccc(F)c(Cl)c3)ncnc2cc1OCC1CC1)CC(=O)OC(C)(C)C. The van der Waals surface area contributed by atoms with E-state index in [4.69, 9.17) is 21.1 Å². The van der Waals surface area contributed by atoms with Crippen LogP contribution in [0, 0.1) is 11.7 Å². The average Bonchev–Trinajstić information content (AvgIpc) is 3.73. The number of hydrogen-bond donors (Lipinski definition) is 3. The highest BCUT2D eigenvalue weighted by Gasteiger charge is 2.23. The molecule has 1 fully saturated rings. The molecule has 1 aliphatic carbocycles. The quantitative estimate of drug-likeness (QED) is 0.170. The Bertz CT molecular complexity index is 1490. The fourth-order valence-electron chi connectivity index (χ4n) is 4.22. The van der Waals surface area contributed by atoms with Crippen molar-refractivity contribution in [3.8, 4) is 5.75 Å². The lowest BCUT2D eigenvalue weighted by Crippen LogP contribution is -2.38. The number of esters is 1. The molecule has 4 rings (SSSR count). The minimum absolute atomic E-state index is 0.0306. The predicted octanol–water partition coefficient (Wildman–Crippen LogP) is 5.47. The van der Waals surface area contributed by atoms with E-state index >= 15 is 0 Å². The number of halogens is 2. The van der Waals surface area contributed by atoms with Crippen LogP contribution in [0.4, 0.5) is 21.6 Å². The average molecular weight is 614 g/mol. The summed E-state index contributed by atoms with van der Waals surface area (Å²) in [5.41, 5.74) is 0.907. The molecule has 1 heterocycles. The number of hydrogen-bond acceptors (Lipinski definition) is 9. The summed E-state index contributed by atoms with van der Waals surface area (Å²) in [5.74, 6) is 0.0133. The third-order valence-corrected chi connectivity index (χ3v) is 6.57. The van der Waals surface area contributed by atoms with Crippen LogP contribution in [-0.2, 0) is 14.3 Å². The third kappa shape index (κ3) is 10.2. The van der Waals surface area contributed by atoms with E-state index in [0.717, 1.165) is 12.8 Å². The van der Waals surface area contributed by atoms with E-state index in [0.29, 0.717) is 46.4 Å². The van der Waals surface area contributed by atoms with Gasteiger partial charge < -0.3 is 25.2 Å². The minimum Gasteiger partial charge on any atom is -0.491 e. The summed E-state index contributed by atoms with van der Waals surface area (Å²) in [6, 6.07) is 7.71. The van der Waals surface area contributed by atoms with Gasteiger partial charge in [0.25, 0.3) is 0 Å². The zero-order valence-electron chi connectivity index (χ0n) is 24.7. The number of ether oxygens (including phenoxy) is 2. The van der Waals surface area contributed by atoms with Crippen molar-refractivity contribution in [3.63, 3.8) is 0 Å². The van der Waals surface area contributed by atoms with Crippen LogP contribution in [-0.4, -0.2) is 69.8 Å². The summed E-state index contributed by atoms with van der Waals surface area (Å²) < 4.78 is 25.1. The van der Waals surface area contributed by atoms with Gasteiger partial charge in [-0.3, -0.25) is 14.5 Å². The summed E-state index contributed by atoms with van der Waals surface area (Å²) in [4.78, 5) is 35.7. The minimum atomic E-state index is -0.676. The Morgan fingerprint density at radius 3 is 2.67 bits per heavy atom. The number of benzene rings is 2. The molecule has 43 heavy (non-hydrogen) atoms. The number of anilines is 3. The molecule has 0 bridgehead atoms. The largest absolute Gasteiger partial charge is 0.491 e. The lowest BCUT2D eigenvalue weighted by atomic mass is 10.1. The number of rotatable bonds is 13. The lowest BCUT2D eigenvalue weighted by molar-refractivity contribution is -0.156. The van der Waals surface area contributed by atoms with Crippen molar-refractivity contribution in [1.29, 1.82) is 0 Å². The van der Waals surface area contributed by atoms with Gasteiger partial charge in [-0.2, -0.15) is 0 Å². The molecule has 1 aromatic heterocycles. The Kier molecular flexibility index (Phi) is 10.5. The van der Waals surface area contributed by atoms with E-state index in [1.807, 2.05) is 0 Å². The maximum absolute atomic E-state index is 13.7. The Morgan fingerprint density at radius 1 is 1.23 bits per heavy atom. The molecule has 0 aliphatic heterocycles. The van der Waals surface area contributed by atoms with Crippen molar-refractivity contribution < 1.29 is 28.6 Å². The van der Waals surface area contributed by atoms with Gasteiger partial charge in [-0.15, -0.1) is 0 Å². The normalized spacial score (nSPS) is 14.2. The van der Waals surface area contributed by atoms with Crippen LogP contribution in [0.3, 0.4) is 0 Å². The number of aromatic nitrogens is 2. The number of carbonyl (C=O) groups is 2. The molecule has 0 radical (unpaired) electrons. The molecule has 1 atom stereocenters. The van der Waals surface area contributed by atoms with E-state index < -0.39 is 29.4 Å². The molecule has 230 valence electrons. The second-order valence-electron chi connectivity index (χ2n) is 11.6. The Labute approximate surface area is 255 Å². The Balaban J connectivity index is 1.52. The van der Waals surface area contributed by atoms with Crippen molar-refractivity contribution in [3.05, 3.63) is 59.7 Å². The molecule has 3 N–H and O–H groups in total. The van der Waals surface area contributed by atoms with Gasteiger partial charge in [-0.1, -0.05) is 17.7 Å². The standard InChI is InChI=1S/C31H37ClFN5O5/c1-19(39)15-38(16-29(41)43-31(2,3)4)11-5-6-28(40)37-26-13-22-25(14-27(26)42-17-20-7-8-20)34-18-35-30(22)36-21-9-10-24(33)23(32)12-21/h5-6,9-10,12-14,18-20,39H,7-8,11,15-17H2,1-4H3,(H,37,40)(H,34,35,36)/t19-/m1/s1. The second-order valence-corrected chi connectivity index (χ2v) is 12.0. The van der Waals surface area contributed by atoms with Gasteiger partial charge in [-0.05, 0) is 70.7 Å². The lowest BCUT2D eigenvalue weighted by Gasteiger charge is -2.25. The van der Waals surface area contributed by atoms with Gasteiger partial charge in [0.05, 0.1) is 35.5 Å². The Morgan fingerprint density at radius 2 is 2.00 bits per heavy atom. The van der Waals surface area contributed by atoms with Gasteiger partial charge in [0.1, 0.15) is 29.3 Å². The van der Waals surface area contributed by atoms with Gasteiger partial charge in [0, 0.05) is 36.3 Å². The molecule has 1 saturated carbocycles. The molecule has 2 aromatic carbocycles. The molecule has 3 aromatic rings. The highest BCUT2D eigenvalue weighted by molar-refractivity contribution is 6.31. The highest BCUT2D eigenvalue weighted by Crippen LogP contribution is 2.36. The van der Waals surface area contributed by atoms with Crippen LogP contribution in [0.5, 0.6) is 5.75 Å². The summed E-state index contributed by atoms with van der Waals surface area (Å²) >= 11 is 5.95. The first-order valence-electron chi connectivity index (χ1n) is 14.1. The second kappa shape index (κ2) is 14.1. The number of carbonyl (C=O) groups excluding carboxylic acids is 2. The summed E-state index contributed by atoms with van der Waals surface area (Å²) in [7, 11) is 0. The molecule has 1 aliphatic rings. The molecule has 0 spiro atoms. The van der Waals surface area contributed by atoms with Gasteiger partial charge in [-0.25, -0.2) is 14.4 Å². The molecular formula is C31H37ClFN5O5. The van der Waals surface area contributed by atoms with Gasteiger partial charge in [0.15, 0.2) is 0 Å². The molecule has 0 saturated heterocycles. The van der Waals surface area contributed by atoms with Gasteiger partial charge in [0.2, 0.25) is 5.91 Å². The zero-order valence-corrected chi connectivity index (χ0v) is 25.4. The van der Waals surface area contributed by atoms with E-state index in [1.165, 1.54) is 24.5 Å². The first-order valence-corrected chi connectivity index (χ1v) is 14.5. The zero-order chi connectivity index (χ0) is 31.1. The summed E-state index contributed by atoms with van der Waals surface area (Å²) in [6.45, 7) is 7.93. The monoisotopic (exact) mass is 613 g/mol. The molecule has 0 unspecified atom stereocenters. The van der Waals surface area contributed by atoms with Gasteiger partial charge >= 0.3 is 5.97 Å². The maximum Gasteiger partial charge on any atom is 0.320 e. The fraction of sp³-hybridized carbons (Fsp3) is 0.419. The fourth-order valence-corrected chi connectivity index (χ4v) is 4.40. The smallest absolute Gasteiger partial charge is 0.320 e. The number of nitrogens with zero attached hydrogens (tertiary/aromatic N) is 3. The summed E-state index contributed by atoms with van der Waals surface area (Å²) in [5, 5.41) is 16.5. The predicted molar refractivity (Wildman–Crippen MR) is 164 cm³/mol. The van der Waals surface area contributed by atoms with Crippen LogP contribution in [0.2, 0.25) is 5.02 Å². The van der Waals surface area contributed by atoms with Crippen molar-refractivity contribution in [2.24, 2.45) is 5.92 Å². The molecule has 1 amide bonds. The third-order valence-electron chi connectivity index (χ3n) is 6.28. The van der Waals surface area contributed by atoms with Crippen LogP contribution >= 0.6 is 11.6 Å². The molecule has 10 nitrogen and oxygen atoms in total. The van der Waals surface area contributed by atoms with Crippen LogP contribution in [0.1, 0.15) is 40.5 Å². The first-order chi connectivity index (χ1) is 20.4. The Hall–Kier alpha value is -3.80. The van der Waals surface area contributed by atoms with Crippen LogP contribution < -0.4 is 15.4 Å². The van der Waals surface area contributed by atoms with E-state index in [1.54, 1.807) is 56.9 Å². The number of amides is 1. The van der Waals surface area contributed by atoms with Crippen molar-refractivity contribution in [1.82, 2.24) is 14.9 Å². The molecular weight excluding hydrogens is 577 g/mol. The highest BCUT2D eigenvalue weighted by atomic mass is 35.5. The van der Waals surface area contributed by atoms with Crippen LogP contribution in [0.15, 0.2) is 48.8 Å². The maximum atomic E-state index is 13.7. The van der Waals surface area contributed by atoms with E-state index in [2.05, 4.69) is 20.6 Å². The van der Waals surface area contributed by atoms with Crippen molar-refractivity contribution in [2.75, 3.05) is 36.9 Å².